The molecule has 1 amide bonds. The third kappa shape index (κ3) is 6.18. The highest BCUT2D eigenvalue weighted by molar-refractivity contribution is 6.32. The fourth-order valence-electron chi connectivity index (χ4n) is 3.70. The smallest absolute Gasteiger partial charge is 0.370 e. The fourth-order valence-corrected chi connectivity index (χ4v) is 3.86. The molecule has 2 aromatic carbocycles. The Morgan fingerprint density at radius 3 is 2.55 bits per heavy atom. The lowest BCUT2D eigenvalue weighted by Gasteiger charge is -2.19. The Morgan fingerprint density at radius 1 is 1.13 bits per heavy atom. The van der Waals surface area contributed by atoms with Crippen LogP contribution in [0.25, 0.3) is 0 Å². The van der Waals surface area contributed by atoms with Gasteiger partial charge in [-0.15, -0.1) is 0 Å². The molecule has 2 aliphatic rings. The SMILES string of the molecule is CC1=CN(c2cc(NC(=O)c3ccc(Cl)c(C#Cc4cnc(NC5CC5)nc4)c3)cc(C(F)(F)F)c2)CN1. The van der Waals surface area contributed by atoms with Crippen molar-refractivity contribution in [3.63, 3.8) is 0 Å². The summed E-state index contributed by atoms with van der Waals surface area (Å²) in [7, 11) is 0. The monoisotopic (exact) mass is 538 g/mol. The minimum Gasteiger partial charge on any atom is -0.370 e. The molecule has 0 unspecified atom stereocenters. The number of hydrogen-bond acceptors (Lipinski definition) is 6. The van der Waals surface area contributed by atoms with Gasteiger partial charge in [-0.1, -0.05) is 23.4 Å². The maximum absolute atomic E-state index is 13.6. The molecule has 0 spiro atoms. The van der Waals surface area contributed by atoms with Gasteiger partial charge in [-0.25, -0.2) is 9.97 Å². The van der Waals surface area contributed by atoms with Crippen molar-refractivity contribution in [2.45, 2.75) is 32.0 Å². The van der Waals surface area contributed by atoms with E-state index in [0.29, 0.717) is 40.5 Å². The van der Waals surface area contributed by atoms with Gasteiger partial charge in [0.15, 0.2) is 0 Å². The summed E-state index contributed by atoms with van der Waals surface area (Å²) in [6, 6.07) is 8.35. The molecule has 1 saturated carbocycles. The molecular weight excluding hydrogens is 517 g/mol. The van der Waals surface area contributed by atoms with Crippen LogP contribution in [0, 0.1) is 11.8 Å². The van der Waals surface area contributed by atoms with Crippen molar-refractivity contribution >= 4 is 34.8 Å². The topological polar surface area (TPSA) is 82.2 Å². The van der Waals surface area contributed by atoms with Gasteiger partial charge in [0.05, 0.1) is 22.8 Å². The van der Waals surface area contributed by atoms with Crippen LogP contribution in [0.2, 0.25) is 5.02 Å². The fraction of sp³-hybridized carbons (Fsp3) is 0.222. The maximum atomic E-state index is 13.6. The van der Waals surface area contributed by atoms with Gasteiger partial charge in [-0.3, -0.25) is 4.79 Å². The summed E-state index contributed by atoms with van der Waals surface area (Å²) in [4.78, 5) is 23.1. The molecule has 0 saturated heterocycles. The van der Waals surface area contributed by atoms with Gasteiger partial charge in [0.25, 0.3) is 5.91 Å². The van der Waals surface area contributed by atoms with E-state index in [2.05, 4.69) is 37.8 Å². The van der Waals surface area contributed by atoms with Crippen LogP contribution in [0.3, 0.4) is 0 Å². The van der Waals surface area contributed by atoms with Crippen LogP contribution in [-0.2, 0) is 6.18 Å². The Hall–Kier alpha value is -4.23. The zero-order chi connectivity index (χ0) is 26.9. The highest BCUT2D eigenvalue weighted by atomic mass is 35.5. The molecule has 194 valence electrons. The summed E-state index contributed by atoms with van der Waals surface area (Å²) in [6.45, 7) is 2.14. The van der Waals surface area contributed by atoms with Gasteiger partial charge in [-0.05, 0) is 56.2 Å². The number of carbonyl (C=O) groups is 1. The Bertz CT molecular complexity index is 1470. The third-order valence-electron chi connectivity index (χ3n) is 5.84. The molecule has 2 heterocycles. The number of rotatable bonds is 5. The van der Waals surface area contributed by atoms with Crippen LogP contribution in [-0.4, -0.2) is 28.6 Å². The van der Waals surface area contributed by atoms with Crippen molar-refractivity contribution in [1.82, 2.24) is 15.3 Å². The normalized spacial score (nSPS) is 14.8. The predicted octanol–water partition coefficient (Wildman–Crippen LogP) is 5.60. The molecule has 3 N–H and O–H groups in total. The van der Waals surface area contributed by atoms with E-state index < -0.39 is 17.6 Å². The van der Waals surface area contributed by atoms with E-state index >= 15 is 0 Å². The number of allylic oxidation sites excluding steroid dienone is 1. The summed E-state index contributed by atoms with van der Waals surface area (Å²) in [5.74, 6) is 5.77. The van der Waals surface area contributed by atoms with Gasteiger partial charge in [0.1, 0.15) is 0 Å². The molecular formula is C27H22ClF3N6O. The highest BCUT2D eigenvalue weighted by Crippen LogP contribution is 2.35. The number of benzene rings is 2. The summed E-state index contributed by atoms with van der Waals surface area (Å²) in [6.07, 6.45) is 2.51. The number of anilines is 3. The standard InChI is InChI=1S/C27H22ClF3N6O/c1-16-14-37(15-34-16)23-10-20(27(29,30)31)9-22(11-23)35-25(38)19-4-7-24(28)18(8-19)3-2-17-12-32-26(33-13-17)36-21-5-6-21/h4,7-14,21,34H,5-6,15H2,1H3,(H,35,38)(H,32,33,36). The molecule has 0 bridgehead atoms. The number of halogens is 4. The summed E-state index contributed by atoms with van der Waals surface area (Å²) >= 11 is 6.28. The zero-order valence-corrected chi connectivity index (χ0v) is 20.9. The van der Waals surface area contributed by atoms with Crippen molar-refractivity contribution in [2.75, 3.05) is 22.2 Å². The van der Waals surface area contributed by atoms with E-state index in [9.17, 15) is 18.0 Å². The number of hydrogen-bond donors (Lipinski definition) is 3. The lowest BCUT2D eigenvalue weighted by atomic mass is 10.1. The van der Waals surface area contributed by atoms with E-state index in [1.54, 1.807) is 23.5 Å². The van der Waals surface area contributed by atoms with Gasteiger partial charge in [0, 0.05) is 52.8 Å². The Kier molecular flexibility index (Phi) is 6.87. The first-order chi connectivity index (χ1) is 18.1. The predicted molar refractivity (Wildman–Crippen MR) is 140 cm³/mol. The molecule has 5 rings (SSSR count). The minimum absolute atomic E-state index is 0.0115. The van der Waals surface area contributed by atoms with E-state index in [0.717, 1.165) is 30.7 Å². The number of alkyl halides is 3. The van der Waals surface area contributed by atoms with Crippen molar-refractivity contribution in [1.29, 1.82) is 0 Å². The van der Waals surface area contributed by atoms with Crippen LogP contribution in [0.15, 0.2) is 60.7 Å². The Morgan fingerprint density at radius 2 is 1.89 bits per heavy atom. The molecule has 1 aliphatic heterocycles. The molecule has 1 fully saturated rings. The number of amides is 1. The lowest BCUT2D eigenvalue weighted by molar-refractivity contribution is -0.137. The van der Waals surface area contributed by atoms with E-state index in [4.69, 9.17) is 11.6 Å². The number of nitrogens with one attached hydrogen (secondary N) is 3. The maximum Gasteiger partial charge on any atom is 0.416 e. The van der Waals surface area contributed by atoms with E-state index in [1.807, 2.05) is 6.92 Å². The first kappa shape index (κ1) is 25.4. The first-order valence-corrected chi connectivity index (χ1v) is 12.1. The number of carbonyl (C=O) groups excluding carboxylic acids is 1. The number of nitrogens with zero attached hydrogens (tertiary/aromatic N) is 3. The van der Waals surface area contributed by atoms with Crippen LogP contribution in [0.4, 0.5) is 30.5 Å². The lowest BCUT2D eigenvalue weighted by Crippen LogP contribution is -2.21. The molecule has 0 atom stereocenters. The average Bonchev–Trinajstić information content (AvgIpc) is 3.59. The number of aromatic nitrogens is 2. The summed E-state index contributed by atoms with van der Waals surface area (Å²) in [5.41, 5.74) is 1.39. The quantitative estimate of drug-likeness (QED) is 0.367. The molecule has 1 aliphatic carbocycles. The van der Waals surface area contributed by atoms with Crippen LogP contribution < -0.4 is 20.9 Å². The van der Waals surface area contributed by atoms with Crippen LogP contribution in [0.1, 0.15) is 46.8 Å². The second-order valence-electron chi connectivity index (χ2n) is 9.00. The average molecular weight is 539 g/mol. The van der Waals surface area contributed by atoms with Gasteiger partial charge in [-0.2, -0.15) is 13.2 Å². The second-order valence-corrected chi connectivity index (χ2v) is 9.40. The van der Waals surface area contributed by atoms with Gasteiger partial charge in [0.2, 0.25) is 5.95 Å². The molecule has 3 aromatic rings. The molecule has 0 radical (unpaired) electrons. The van der Waals surface area contributed by atoms with Crippen LogP contribution in [0.5, 0.6) is 0 Å². The van der Waals surface area contributed by atoms with E-state index in [1.165, 1.54) is 24.3 Å². The van der Waals surface area contributed by atoms with Gasteiger partial charge < -0.3 is 20.9 Å². The third-order valence-corrected chi connectivity index (χ3v) is 6.17. The molecule has 11 heteroatoms. The first-order valence-electron chi connectivity index (χ1n) is 11.8. The van der Waals surface area contributed by atoms with Crippen molar-refractivity contribution in [3.8, 4) is 11.8 Å². The largest absolute Gasteiger partial charge is 0.416 e. The van der Waals surface area contributed by atoms with Crippen molar-refractivity contribution in [3.05, 3.63) is 88.0 Å². The molecule has 1 aromatic heterocycles. The zero-order valence-electron chi connectivity index (χ0n) is 20.2. The minimum atomic E-state index is -4.58. The van der Waals surface area contributed by atoms with E-state index in [-0.39, 0.29) is 11.3 Å². The highest BCUT2D eigenvalue weighted by Gasteiger charge is 2.32. The second kappa shape index (κ2) is 10.3. The summed E-state index contributed by atoms with van der Waals surface area (Å²) < 4.78 is 40.7. The summed E-state index contributed by atoms with van der Waals surface area (Å²) in [5, 5.41) is 9.13. The van der Waals surface area contributed by atoms with Crippen molar-refractivity contribution in [2.24, 2.45) is 0 Å². The molecule has 38 heavy (non-hydrogen) atoms. The van der Waals surface area contributed by atoms with Gasteiger partial charge >= 0.3 is 6.18 Å². The van der Waals surface area contributed by atoms with Crippen molar-refractivity contribution < 1.29 is 18.0 Å². The molecule has 7 nitrogen and oxygen atoms in total. The Balaban J connectivity index is 1.36. The Labute approximate surface area is 222 Å². The van der Waals surface area contributed by atoms with Crippen LogP contribution >= 0.6 is 11.6 Å².